The molecule has 0 fully saturated rings. The van der Waals surface area contributed by atoms with Crippen LogP contribution in [0.4, 0.5) is 5.95 Å². The van der Waals surface area contributed by atoms with Crippen molar-refractivity contribution in [2.75, 3.05) is 12.4 Å². The Morgan fingerprint density at radius 1 is 1.46 bits per heavy atom. The molecule has 6 nitrogen and oxygen atoms in total. The fourth-order valence-electron chi connectivity index (χ4n) is 0.971. The van der Waals surface area contributed by atoms with Crippen molar-refractivity contribution in [1.29, 1.82) is 0 Å². The number of nitrogens with zero attached hydrogens (tertiary/aromatic N) is 3. The van der Waals surface area contributed by atoms with Crippen LogP contribution < -0.4 is 5.32 Å². The smallest absolute Gasteiger partial charge is 0.242 e. The van der Waals surface area contributed by atoms with Gasteiger partial charge in [-0.2, -0.15) is 10.1 Å². The van der Waals surface area contributed by atoms with Gasteiger partial charge in [0.2, 0.25) is 11.8 Å². The van der Waals surface area contributed by atoms with Crippen LogP contribution >= 0.6 is 22.6 Å². The molecule has 0 spiro atoms. The predicted octanol–water partition coefficient (Wildman–Crippen LogP) is 0.705. The highest BCUT2D eigenvalue weighted by Crippen LogP contribution is 2.23. The molecule has 0 aliphatic rings. The van der Waals surface area contributed by atoms with Gasteiger partial charge in [-0.3, -0.25) is 5.10 Å². The molecule has 0 saturated carbocycles. The average Bonchev–Trinajstić information content (AvgIpc) is 2.48. The third-order valence-electron chi connectivity index (χ3n) is 1.57. The Bertz CT molecular complexity index is 453. The van der Waals surface area contributed by atoms with E-state index in [1.165, 1.54) is 0 Å². The third kappa shape index (κ3) is 1.28. The number of aromatic nitrogens is 4. The number of hydrogen-bond acceptors (Lipinski definition) is 5. The molecule has 0 aromatic carbocycles. The minimum absolute atomic E-state index is 0.0928. The monoisotopic (exact) mass is 291 g/mol. The van der Waals surface area contributed by atoms with Gasteiger partial charge in [-0.25, -0.2) is 4.98 Å². The Labute approximate surface area is 86.9 Å². The van der Waals surface area contributed by atoms with Gasteiger partial charge in [0.1, 0.15) is 14.7 Å². The highest BCUT2D eigenvalue weighted by atomic mass is 127. The van der Waals surface area contributed by atoms with Crippen molar-refractivity contribution in [3.8, 4) is 5.88 Å². The Hall–Kier alpha value is -1.12. The zero-order valence-electron chi connectivity index (χ0n) is 6.67. The second kappa shape index (κ2) is 2.98. The van der Waals surface area contributed by atoms with E-state index >= 15 is 0 Å². The summed E-state index contributed by atoms with van der Waals surface area (Å²) < 4.78 is 0.710. The molecule has 2 aromatic heterocycles. The van der Waals surface area contributed by atoms with Gasteiger partial charge >= 0.3 is 0 Å². The number of hydrogen-bond donors (Lipinski definition) is 3. The van der Waals surface area contributed by atoms with E-state index in [0.717, 1.165) is 0 Å². The normalized spacial score (nSPS) is 10.6. The Balaban J connectivity index is 2.80. The SMILES string of the molecule is CNc1nc(O)c2[nH]nc(I)c2n1. The van der Waals surface area contributed by atoms with Crippen molar-refractivity contribution in [3.05, 3.63) is 3.70 Å². The van der Waals surface area contributed by atoms with E-state index in [9.17, 15) is 5.11 Å². The second-order valence-electron chi connectivity index (χ2n) is 2.36. The second-order valence-corrected chi connectivity index (χ2v) is 3.38. The van der Waals surface area contributed by atoms with Crippen molar-refractivity contribution in [1.82, 2.24) is 20.2 Å². The van der Waals surface area contributed by atoms with E-state index in [-0.39, 0.29) is 5.88 Å². The van der Waals surface area contributed by atoms with Crippen LogP contribution in [0.25, 0.3) is 11.0 Å². The molecule has 0 bridgehead atoms. The summed E-state index contributed by atoms with van der Waals surface area (Å²) >= 11 is 2.03. The number of fused-ring (bicyclic) bond motifs is 1. The first-order valence-electron chi connectivity index (χ1n) is 3.50. The maximum Gasteiger partial charge on any atom is 0.242 e. The summed E-state index contributed by atoms with van der Waals surface area (Å²) in [7, 11) is 1.69. The van der Waals surface area contributed by atoms with E-state index in [4.69, 9.17) is 0 Å². The summed E-state index contributed by atoms with van der Waals surface area (Å²) in [4.78, 5) is 7.92. The highest BCUT2D eigenvalue weighted by Gasteiger charge is 2.10. The molecular formula is C6H6IN5O. The van der Waals surface area contributed by atoms with Crippen LogP contribution in [-0.2, 0) is 0 Å². The van der Waals surface area contributed by atoms with Crippen LogP contribution in [0.5, 0.6) is 5.88 Å². The van der Waals surface area contributed by atoms with Crippen molar-refractivity contribution < 1.29 is 5.11 Å². The first-order chi connectivity index (χ1) is 6.22. The zero-order chi connectivity index (χ0) is 9.42. The Kier molecular flexibility index (Phi) is 1.94. The molecule has 3 N–H and O–H groups in total. The number of halogens is 1. The number of aromatic hydroxyl groups is 1. The van der Waals surface area contributed by atoms with Gasteiger partial charge in [-0.15, -0.1) is 0 Å². The van der Waals surface area contributed by atoms with Crippen molar-refractivity contribution in [2.24, 2.45) is 0 Å². The number of rotatable bonds is 1. The van der Waals surface area contributed by atoms with E-state index in [1.54, 1.807) is 7.05 Å². The molecule has 2 rings (SSSR count). The minimum atomic E-state index is -0.0928. The molecule has 68 valence electrons. The molecule has 0 radical (unpaired) electrons. The van der Waals surface area contributed by atoms with E-state index in [0.29, 0.717) is 20.7 Å². The van der Waals surface area contributed by atoms with E-state index in [1.807, 2.05) is 22.6 Å². The van der Waals surface area contributed by atoms with E-state index in [2.05, 4.69) is 25.5 Å². The fourth-order valence-corrected chi connectivity index (χ4v) is 1.48. The largest absolute Gasteiger partial charge is 0.492 e. The van der Waals surface area contributed by atoms with Gasteiger partial charge < -0.3 is 10.4 Å². The van der Waals surface area contributed by atoms with Crippen LogP contribution in [0.1, 0.15) is 0 Å². The molecule has 0 atom stereocenters. The molecule has 0 amide bonds. The van der Waals surface area contributed by atoms with Gasteiger partial charge in [0.25, 0.3) is 0 Å². The molecule has 0 aliphatic carbocycles. The topological polar surface area (TPSA) is 86.7 Å². The van der Waals surface area contributed by atoms with Gasteiger partial charge in [0, 0.05) is 7.05 Å². The summed E-state index contributed by atoms with van der Waals surface area (Å²) in [5.41, 5.74) is 1.08. The quantitative estimate of drug-likeness (QED) is 0.673. The molecule has 0 unspecified atom stereocenters. The molecule has 13 heavy (non-hydrogen) atoms. The lowest BCUT2D eigenvalue weighted by atomic mass is 10.4. The van der Waals surface area contributed by atoms with Crippen LogP contribution in [0.15, 0.2) is 0 Å². The first kappa shape index (κ1) is 8.48. The standard InChI is InChI=1S/C6H6IN5O/c1-8-6-9-2-3(5(13)10-6)11-12-4(2)7/h1H3,(H,11,12)(H2,8,9,10,13). The van der Waals surface area contributed by atoms with Crippen molar-refractivity contribution in [2.45, 2.75) is 0 Å². The molecule has 0 aliphatic heterocycles. The van der Waals surface area contributed by atoms with Gasteiger partial charge in [0.05, 0.1) is 0 Å². The lowest BCUT2D eigenvalue weighted by molar-refractivity contribution is 0.459. The number of anilines is 1. The summed E-state index contributed by atoms with van der Waals surface area (Å²) in [6, 6.07) is 0. The maximum absolute atomic E-state index is 9.43. The highest BCUT2D eigenvalue weighted by molar-refractivity contribution is 14.1. The van der Waals surface area contributed by atoms with Crippen LogP contribution in [0.3, 0.4) is 0 Å². The average molecular weight is 291 g/mol. The molecule has 2 heterocycles. The summed E-state index contributed by atoms with van der Waals surface area (Å²) in [6.45, 7) is 0. The lowest BCUT2D eigenvalue weighted by Crippen LogP contribution is -1.96. The van der Waals surface area contributed by atoms with Gasteiger partial charge in [-0.1, -0.05) is 0 Å². The van der Waals surface area contributed by atoms with Gasteiger partial charge in [-0.05, 0) is 22.6 Å². The van der Waals surface area contributed by atoms with Crippen LogP contribution in [0, 0.1) is 3.70 Å². The maximum atomic E-state index is 9.43. The minimum Gasteiger partial charge on any atom is -0.492 e. The Morgan fingerprint density at radius 2 is 2.23 bits per heavy atom. The Morgan fingerprint density at radius 3 is 2.92 bits per heavy atom. The first-order valence-corrected chi connectivity index (χ1v) is 4.58. The molecule has 2 aromatic rings. The summed E-state index contributed by atoms with van der Waals surface area (Å²) in [5, 5.41) is 18.7. The predicted molar refractivity (Wildman–Crippen MR) is 55.6 cm³/mol. The van der Waals surface area contributed by atoms with Gasteiger partial charge in [0.15, 0.2) is 0 Å². The summed E-state index contributed by atoms with van der Waals surface area (Å²) in [6.07, 6.45) is 0. The van der Waals surface area contributed by atoms with Crippen LogP contribution in [0.2, 0.25) is 0 Å². The van der Waals surface area contributed by atoms with E-state index < -0.39 is 0 Å². The lowest BCUT2D eigenvalue weighted by Gasteiger charge is -1.98. The van der Waals surface area contributed by atoms with Crippen molar-refractivity contribution in [3.63, 3.8) is 0 Å². The van der Waals surface area contributed by atoms with Crippen molar-refractivity contribution >= 4 is 39.6 Å². The molecule has 0 saturated heterocycles. The number of aromatic amines is 1. The summed E-state index contributed by atoms with van der Waals surface area (Å²) in [5.74, 6) is 0.286. The third-order valence-corrected chi connectivity index (χ3v) is 2.33. The van der Waals surface area contributed by atoms with Crippen LogP contribution in [-0.4, -0.2) is 32.3 Å². The number of nitrogens with one attached hydrogen (secondary N) is 2. The number of H-pyrrole nitrogens is 1. The fraction of sp³-hybridized carbons (Fsp3) is 0.167. The zero-order valence-corrected chi connectivity index (χ0v) is 8.82. The molecule has 7 heteroatoms. The molecular weight excluding hydrogens is 285 g/mol.